The highest BCUT2D eigenvalue weighted by Crippen LogP contribution is 2.26. The minimum absolute atomic E-state index is 0.160. The lowest BCUT2D eigenvalue weighted by atomic mass is 10.3. The number of hydrogen-bond donors (Lipinski definition) is 0. The van der Waals surface area contributed by atoms with Crippen LogP contribution in [0.5, 0.6) is 0 Å². The molecule has 3 heterocycles. The molecule has 2 fully saturated rings. The number of aromatic nitrogens is 2. The van der Waals surface area contributed by atoms with E-state index in [2.05, 4.69) is 14.9 Å². The van der Waals surface area contributed by atoms with Crippen LogP contribution < -0.4 is 4.90 Å². The van der Waals surface area contributed by atoms with E-state index in [-0.39, 0.29) is 5.25 Å². The van der Waals surface area contributed by atoms with Gasteiger partial charge in [-0.05, 0) is 6.07 Å². The van der Waals surface area contributed by atoms with Crippen LogP contribution in [0.25, 0.3) is 0 Å². The Kier molecular flexibility index (Phi) is 4.67. The zero-order valence-corrected chi connectivity index (χ0v) is 12.9. The summed E-state index contributed by atoms with van der Waals surface area (Å²) in [6.45, 7) is 3.19. The van der Waals surface area contributed by atoms with Crippen LogP contribution in [-0.2, 0) is 4.79 Å². The Balaban J connectivity index is 1.54. The van der Waals surface area contributed by atoms with E-state index in [9.17, 15) is 4.79 Å². The van der Waals surface area contributed by atoms with Gasteiger partial charge in [0.1, 0.15) is 0 Å². The third-order valence-corrected chi connectivity index (χ3v) is 6.26. The average molecular weight is 310 g/mol. The van der Waals surface area contributed by atoms with E-state index in [4.69, 9.17) is 0 Å². The van der Waals surface area contributed by atoms with Gasteiger partial charge in [0.15, 0.2) is 0 Å². The van der Waals surface area contributed by atoms with Crippen LogP contribution in [0.4, 0.5) is 5.95 Å². The number of anilines is 1. The highest BCUT2D eigenvalue weighted by Gasteiger charge is 2.29. The fourth-order valence-corrected chi connectivity index (χ4v) is 5.04. The minimum Gasteiger partial charge on any atom is -0.338 e. The molecular weight excluding hydrogens is 292 g/mol. The van der Waals surface area contributed by atoms with E-state index in [1.54, 1.807) is 12.4 Å². The van der Waals surface area contributed by atoms with Crippen molar-refractivity contribution in [2.75, 3.05) is 48.3 Å². The summed E-state index contributed by atoms with van der Waals surface area (Å²) in [6.07, 6.45) is 3.52. The maximum absolute atomic E-state index is 12.4. The van der Waals surface area contributed by atoms with Gasteiger partial charge in [-0.25, -0.2) is 9.97 Å². The zero-order valence-electron chi connectivity index (χ0n) is 11.3. The molecule has 108 valence electrons. The zero-order chi connectivity index (χ0) is 13.8. The Morgan fingerprint density at radius 2 is 1.90 bits per heavy atom. The summed E-state index contributed by atoms with van der Waals surface area (Å²) < 4.78 is 0. The molecule has 2 aliphatic rings. The third-order valence-electron chi connectivity index (χ3n) is 3.52. The van der Waals surface area contributed by atoms with Gasteiger partial charge in [-0.3, -0.25) is 4.79 Å². The number of piperazine rings is 1. The van der Waals surface area contributed by atoms with Crippen molar-refractivity contribution in [3.05, 3.63) is 18.5 Å². The number of amides is 1. The SMILES string of the molecule is O=C(C1CSCCS1)N1CCN(c2ncccn2)CC1. The number of thioether (sulfide) groups is 2. The first-order valence-electron chi connectivity index (χ1n) is 6.85. The van der Waals surface area contributed by atoms with Crippen LogP contribution in [0.1, 0.15) is 0 Å². The summed E-state index contributed by atoms with van der Waals surface area (Å²) in [7, 11) is 0. The molecule has 0 radical (unpaired) electrons. The lowest BCUT2D eigenvalue weighted by Crippen LogP contribution is -2.52. The van der Waals surface area contributed by atoms with E-state index < -0.39 is 0 Å². The second-order valence-electron chi connectivity index (χ2n) is 4.80. The molecule has 7 heteroatoms. The number of carbonyl (C=O) groups is 1. The molecule has 1 aromatic rings. The number of nitrogens with zero attached hydrogens (tertiary/aromatic N) is 4. The number of rotatable bonds is 2. The smallest absolute Gasteiger partial charge is 0.236 e. The van der Waals surface area contributed by atoms with Gasteiger partial charge in [-0.15, -0.1) is 11.8 Å². The molecule has 0 aliphatic carbocycles. The number of hydrogen-bond acceptors (Lipinski definition) is 6. The summed E-state index contributed by atoms with van der Waals surface area (Å²) in [5.41, 5.74) is 0. The molecule has 2 saturated heterocycles. The van der Waals surface area contributed by atoms with Gasteiger partial charge in [-0.1, -0.05) is 0 Å². The van der Waals surface area contributed by atoms with Crippen LogP contribution in [0, 0.1) is 0 Å². The van der Waals surface area contributed by atoms with Crippen LogP contribution in [0.3, 0.4) is 0 Å². The second kappa shape index (κ2) is 6.67. The third kappa shape index (κ3) is 3.20. The summed E-state index contributed by atoms with van der Waals surface area (Å²) in [5, 5.41) is 0.160. The first kappa shape index (κ1) is 14.0. The van der Waals surface area contributed by atoms with Gasteiger partial charge in [0.05, 0.1) is 5.25 Å². The van der Waals surface area contributed by atoms with Crippen molar-refractivity contribution < 1.29 is 4.79 Å². The largest absolute Gasteiger partial charge is 0.338 e. The molecule has 1 unspecified atom stereocenters. The molecular formula is C13H18N4OS2. The quantitative estimate of drug-likeness (QED) is 0.811. The van der Waals surface area contributed by atoms with Gasteiger partial charge in [0.2, 0.25) is 11.9 Å². The maximum Gasteiger partial charge on any atom is 0.236 e. The fourth-order valence-electron chi connectivity index (χ4n) is 2.42. The lowest BCUT2D eigenvalue weighted by molar-refractivity contribution is -0.130. The van der Waals surface area contributed by atoms with Crippen LogP contribution >= 0.6 is 23.5 Å². The van der Waals surface area contributed by atoms with Crippen LogP contribution in [0.15, 0.2) is 18.5 Å². The number of carbonyl (C=O) groups excluding carboxylic acids is 1. The van der Waals surface area contributed by atoms with E-state index >= 15 is 0 Å². The first-order valence-corrected chi connectivity index (χ1v) is 9.05. The molecule has 2 aliphatic heterocycles. The van der Waals surface area contributed by atoms with Gasteiger partial charge in [0, 0.05) is 55.8 Å². The van der Waals surface area contributed by atoms with Gasteiger partial charge >= 0.3 is 0 Å². The van der Waals surface area contributed by atoms with E-state index in [1.807, 2.05) is 34.5 Å². The molecule has 0 bridgehead atoms. The van der Waals surface area contributed by atoms with Crippen molar-refractivity contribution in [2.45, 2.75) is 5.25 Å². The standard InChI is InChI=1S/C13H18N4OS2/c18-12(11-10-19-8-9-20-11)16-4-6-17(7-5-16)13-14-2-1-3-15-13/h1-3,11H,4-10H2. The van der Waals surface area contributed by atoms with Gasteiger partial charge < -0.3 is 9.80 Å². The molecule has 1 amide bonds. The van der Waals surface area contributed by atoms with Crippen molar-refractivity contribution in [1.29, 1.82) is 0 Å². The van der Waals surface area contributed by atoms with Gasteiger partial charge in [-0.2, -0.15) is 11.8 Å². The van der Waals surface area contributed by atoms with E-state index in [0.717, 1.165) is 43.6 Å². The Morgan fingerprint density at radius 1 is 1.15 bits per heavy atom. The van der Waals surface area contributed by atoms with Crippen LogP contribution in [0.2, 0.25) is 0 Å². The molecule has 0 saturated carbocycles. The maximum atomic E-state index is 12.4. The normalized spacial score (nSPS) is 23.7. The van der Waals surface area contributed by atoms with Crippen LogP contribution in [-0.4, -0.2) is 69.5 Å². The Morgan fingerprint density at radius 3 is 2.55 bits per heavy atom. The Hall–Kier alpha value is -0.950. The minimum atomic E-state index is 0.160. The predicted molar refractivity (Wildman–Crippen MR) is 84.4 cm³/mol. The monoisotopic (exact) mass is 310 g/mol. The van der Waals surface area contributed by atoms with Crippen molar-refractivity contribution in [3.8, 4) is 0 Å². The first-order chi connectivity index (χ1) is 9.84. The lowest BCUT2D eigenvalue weighted by Gasteiger charge is -2.36. The fraction of sp³-hybridized carbons (Fsp3) is 0.615. The predicted octanol–water partition coefficient (Wildman–Crippen LogP) is 0.974. The summed E-state index contributed by atoms with van der Waals surface area (Å²) >= 11 is 3.71. The molecule has 0 aromatic carbocycles. The molecule has 0 N–H and O–H groups in total. The summed E-state index contributed by atoms with van der Waals surface area (Å²) in [4.78, 5) is 25.1. The molecule has 5 nitrogen and oxygen atoms in total. The van der Waals surface area contributed by atoms with Crippen molar-refractivity contribution in [2.24, 2.45) is 0 Å². The van der Waals surface area contributed by atoms with Crippen molar-refractivity contribution in [1.82, 2.24) is 14.9 Å². The van der Waals surface area contributed by atoms with E-state index in [1.165, 1.54) is 5.75 Å². The van der Waals surface area contributed by atoms with E-state index in [0.29, 0.717) is 5.91 Å². The Labute approximate surface area is 127 Å². The molecule has 1 atom stereocenters. The molecule has 0 spiro atoms. The van der Waals surface area contributed by atoms with Gasteiger partial charge in [0.25, 0.3) is 0 Å². The molecule has 3 rings (SSSR count). The molecule has 1 aromatic heterocycles. The topological polar surface area (TPSA) is 49.3 Å². The van der Waals surface area contributed by atoms with Crippen molar-refractivity contribution in [3.63, 3.8) is 0 Å². The average Bonchev–Trinajstić information content (AvgIpc) is 2.56. The summed E-state index contributed by atoms with van der Waals surface area (Å²) in [6, 6.07) is 1.82. The second-order valence-corrected chi connectivity index (χ2v) is 7.26. The highest BCUT2D eigenvalue weighted by atomic mass is 32.2. The molecule has 20 heavy (non-hydrogen) atoms. The van der Waals surface area contributed by atoms with Crippen molar-refractivity contribution >= 4 is 35.4 Å². The Bertz CT molecular complexity index is 445. The summed E-state index contributed by atoms with van der Waals surface area (Å²) in [5.74, 6) is 4.32. The highest BCUT2D eigenvalue weighted by molar-refractivity contribution is 8.07.